The Morgan fingerprint density at radius 1 is 1.47 bits per heavy atom. The second-order valence-electron chi connectivity index (χ2n) is 6.00. The van der Waals surface area contributed by atoms with Gasteiger partial charge < -0.3 is 0 Å². The van der Waals surface area contributed by atoms with Crippen LogP contribution >= 0.6 is 0 Å². The van der Waals surface area contributed by atoms with Crippen molar-refractivity contribution in [1.82, 2.24) is 0 Å². The molecule has 0 spiro atoms. The van der Waals surface area contributed by atoms with Crippen LogP contribution in [0, 0.1) is 22.7 Å². The largest absolute Gasteiger partial charge is 0.193 e. The van der Waals surface area contributed by atoms with E-state index in [4.69, 9.17) is 5.26 Å². The molecule has 0 fully saturated rings. The second-order valence-corrected chi connectivity index (χ2v) is 6.00. The lowest BCUT2D eigenvalue weighted by atomic mass is 9.71. The molecule has 1 aliphatic carbocycles. The molecule has 1 heteroatoms. The molecule has 0 aromatic heterocycles. The van der Waals surface area contributed by atoms with Crippen molar-refractivity contribution in [2.45, 2.75) is 59.8 Å². The summed E-state index contributed by atoms with van der Waals surface area (Å²) in [4.78, 5) is 0. The number of hydrogen-bond donors (Lipinski definition) is 0. The Bertz CT molecular complexity index is 352. The molecule has 0 aliphatic heterocycles. The predicted molar refractivity (Wildman–Crippen MR) is 73.5 cm³/mol. The van der Waals surface area contributed by atoms with Crippen LogP contribution in [0.1, 0.15) is 59.8 Å². The first kappa shape index (κ1) is 14.0. The Kier molecular flexibility index (Phi) is 5.00. The molecular weight excluding hydrogens is 206 g/mol. The fourth-order valence-corrected chi connectivity index (χ4v) is 2.90. The average molecular weight is 231 g/mol. The predicted octanol–water partition coefficient (Wildman–Crippen LogP) is 5.01. The van der Waals surface area contributed by atoms with Crippen LogP contribution in [0.5, 0.6) is 0 Å². The Hall–Kier alpha value is -1.03. The summed E-state index contributed by atoms with van der Waals surface area (Å²) in [5, 5.41) is 8.51. The van der Waals surface area contributed by atoms with Crippen LogP contribution in [0.25, 0.3) is 0 Å². The monoisotopic (exact) mass is 231 g/mol. The summed E-state index contributed by atoms with van der Waals surface area (Å²) in [6.45, 7) is 9.24. The number of nitriles is 1. The Balaban J connectivity index is 2.61. The quantitative estimate of drug-likeness (QED) is 0.493. The zero-order valence-corrected chi connectivity index (χ0v) is 11.7. The standard InChI is InChI=1S/C16H25N/c1-13(7-6-12-17)9-10-15-14(2)8-5-11-16(15,3)4/h6-7,13H,5,8-11H2,1-4H3/b7-6+. The lowest BCUT2D eigenvalue weighted by Crippen LogP contribution is -2.20. The van der Waals surface area contributed by atoms with Crippen LogP contribution in [0.4, 0.5) is 0 Å². The Morgan fingerprint density at radius 2 is 2.18 bits per heavy atom. The molecule has 0 saturated heterocycles. The van der Waals surface area contributed by atoms with E-state index in [1.807, 2.05) is 6.08 Å². The highest BCUT2D eigenvalue weighted by Crippen LogP contribution is 2.42. The minimum absolute atomic E-state index is 0.390. The van der Waals surface area contributed by atoms with Crippen LogP contribution in [0.3, 0.4) is 0 Å². The second kappa shape index (κ2) is 6.05. The first-order valence-electron chi connectivity index (χ1n) is 6.73. The third-order valence-corrected chi connectivity index (χ3v) is 4.03. The summed E-state index contributed by atoms with van der Waals surface area (Å²) in [6.07, 6.45) is 9.92. The molecule has 1 rings (SSSR count). The van der Waals surface area contributed by atoms with Gasteiger partial charge in [0.25, 0.3) is 0 Å². The van der Waals surface area contributed by atoms with Gasteiger partial charge in [-0.05, 0) is 50.4 Å². The van der Waals surface area contributed by atoms with E-state index in [-0.39, 0.29) is 0 Å². The first-order valence-corrected chi connectivity index (χ1v) is 6.73. The first-order chi connectivity index (χ1) is 7.97. The molecule has 17 heavy (non-hydrogen) atoms. The lowest BCUT2D eigenvalue weighted by Gasteiger charge is -2.35. The van der Waals surface area contributed by atoms with Crippen molar-refractivity contribution < 1.29 is 0 Å². The summed E-state index contributed by atoms with van der Waals surface area (Å²) < 4.78 is 0. The van der Waals surface area contributed by atoms with Gasteiger partial charge in [0.2, 0.25) is 0 Å². The van der Waals surface area contributed by atoms with Gasteiger partial charge in [-0.25, -0.2) is 0 Å². The van der Waals surface area contributed by atoms with E-state index < -0.39 is 0 Å². The van der Waals surface area contributed by atoms with Gasteiger partial charge in [0.15, 0.2) is 0 Å². The maximum Gasteiger partial charge on any atom is 0.0908 e. The number of rotatable bonds is 4. The lowest BCUT2D eigenvalue weighted by molar-refractivity contribution is 0.348. The van der Waals surface area contributed by atoms with Gasteiger partial charge in [0.1, 0.15) is 0 Å². The highest BCUT2D eigenvalue weighted by molar-refractivity contribution is 5.22. The molecule has 1 aliphatic rings. The molecule has 0 aromatic rings. The normalized spacial score (nSPS) is 21.6. The van der Waals surface area contributed by atoms with Crippen molar-refractivity contribution in [3.05, 3.63) is 23.3 Å². The van der Waals surface area contributed by atoms with Crippen LogP contribution in [0.2, 0.25) is 0 Å². The number of allylic oxidation sites excluding steroid dienone is 4. The molecule has 0 radical (unpaired) electrons. The molecule has 1 nitrogen and oxygen atoms in total. The Labute approximate surface area is 106 Å². The third kappa shape index (κ3) is 4.04. The number of hydrogen-bond acceptors (Lipinski definition) is 1. The van der Waals surface area contributed by atoms with Crippen molar-refractivity contribution in [3.63, 3.8) is 0 Å². The molecule has 0 aromatic carbocycles. The molecule has 0 heterocycles. The summed E-state index contributed by atoms with van der Waals surface area (Å²) in [5.74, 6) is 0.507. The average Bonchev–Trinajstić information content (AvgIpc) is 2.24. The fourth-order valence-electron chi connectivity index (χ4n) is 2.90. The molecule has 94 valence electrons. The molecule has 0 bridgehead atoms. The molecule has 0 saturated carbocycles. The van der Waals surface area contributed by atoms with Gasteiger partial charge in [-0.3, -0.25) is 0 Å². The number of nitrogens with zero attached hydrogens (tertiary/aromatic N) is 1. The van der Waals surface area contributed by atoms with E-state index in [2.05, 4.69) is 33.8 Å². The zero-order valence-electron chi connectivity index (χ0n) is 11.7. The topological polar surface area (TPSA) is 23.8 Å². The molecule has 0 N–H and O–H groups in total. The van der Waals surface area contributed by atoms with Gasteiger partial charge >= 0.3 is 0 Å². The van der Waals surface area contributed by atoms with Crippen molar-refractivity contribution in [1.29, 1.82) is 5.26 Å². The van der Waals surface area contributed by atoms with Crippen molar-refractivity contribution in [2.24, 2.45) is 11.3 Å². The fraction of sp³-hybridized carbons (Fsp3) is 0.688. The highest BCUT2D eigenvalue weighted by Gasteiger charge is 2.27. The van der Waals surface area contributed by atoms with Crippen LogP contribution in [-0.4, -0.2) is 0 Å². The summed E-state index contributed by atoms with van der Waals surface area (Å²) in [6, 6.07) is 2.07. The molecule has 0 amide bonds. The third-order valence-electron chi connectivity index (χ3n) is 4.03. The minimum Gasteiger partial charge on any atom is -0.193 e. The van der Waals surface area contributed by atoms with E-state index in [1.54, 1.807) is 17.2 Å². The van der Waals surface area contributed by atoms with E-state index in [1.165, 1.54) is 25.7 Å². The Morgan fingerprint density at radius 3 is 2.76 bits per heavy atom. The highest BCUT2D eigenvalue weighted by atomic mass is 14.3. The van der Waals surface area contributed by atoms with Crippen LogP contribution in [0.15, 0.2) is 23.3 Å². The van der Waals surface area contributed by atoms with E-state index in [9.17, 15) is 0 Å². The van der Waals surface area contributed by atoms with Crippen LogP contribution in [-0.2, 0) is 0 Å². The summed E-state index contributed by atoms with van der Waals surface area (Å²) in [7, 11) is 0. The van der Waals surface area contributed by atoms with E-state index >= 15 is 0 Å². The van der Waals surface area contributed by atoms with E-state index in [0.717, 1.165) is 6.42 Å². The smallest absolute Gasteiger partial charge is 0.0908 e. The maximum absolute atomic E-state index is 8.51. The van der Waals surface area contributed by atoms with Gasteiger partial charge in [-0.15, -0.1) is 0 Å². The van der Waals surface area contributed by atoms with Gasteiger partial charge in [0.05, 0.1) is 6.07 Å². The van der Waals surface area contributed by atoms with Crippen molar-refractivity contribution in [2.75, 3.05) is 0 Å². The summed E-state index contributed by atoms with van der Waals surface area (Å²) >= 11 is 0. The van der Waals surface area contributed by atoms with Gasteiger partial charge in [-0.2, -0.15) is 5.26 Å². The van der Waals surface area contributed by atoms with Gasteiger partial charge in [0, 0.05) is 6.08 Å². The van der Waals surface area contributed by atoms with Crippen molar-refractivity contribution >= 4 is 0 Å². The molecule has 1 atom stereocenters. The summed E-state index contributed by atoms with van der Waals surface area (Å²) in [5.41, 5.74) is 3.67. The SMILES string of the molecule is CC1=C(CCC(C)/C=C/C#N)C(C)(C)CCC1. The van der Waals surface area contributed by atoms with Crippen molar-refractivity contribution in [3.8, 4) is 6.07 Å². The van der Waals surface area contributed by atoms with Crippen LogP contribution < -0.4 is 0 Å². The van der Waals surface area contributed by atoms with Gasteiger partial charge in [-0.1, -0.05) is 38.0 Å². The molecule has 1 unspecified atom stereocenters. The minimum atomic E-state index is 0.390. The zero-order chi connectivity index (χ0) is 12.9. The van der Waals surface area contributed by atoms with E-state index in [0.29, 0.717) is 11.3 Å². The maximum atomic E-state index is 8.51. The molecular formula is C16H25N.